The molecule has 2 aromatic carbocycles. The van der Waals surface area contributed by atoms with E-state index in [0.717, 1.165) is 17.7 Å². The minimum absolute atomic E-state index is 0.0498. The molecule has 0 aliphatic carbocycles. The zero-order valence-corrected chi connectivity index (χ0v) is 14.1. The zero-order chi connectivity index (χ0) is 19.2. The molecule has 138 valence electrons. The summed E-state index contributed by atoms with van der Waals surface area (Å²) in [6.07, 6.45) is 1.52. The molecular formula is C20H16F2N2O3. The van der Waals surface area contributed by atoms with E-state index in [1.54, 1.807) is 30.3 Å². The van der Waals surface area contributed by atoms with Crippen LogP contribution in [0.25, 0.3) is 0 Å². The van der Waals surface area contributed by atoms with Crippen LogP contribution in [-0.2, 0) is 11.2 Å². The Bertz CT molecular complexity index is 928. The Morgan fingerprint density at radius 3 is 2.44 bits per heavy atom. The summed E-state index contributed by atoms with van der Waals surface area (Å²) in [6.45, 7) is 0. The molecule has 0 aliphatic heterocycles. The van der Waals surface area contributed by atoms with Gasteiger partial charge in [-0.25, -0.2) is 8.78 Å². The third-order valence-electron chi connectivity index (χ3n) is 3.84. The van der Waals surface area contributed by atoms with Crippen LogP contribution in [0.4, 0.5) is 14.5 Å². The van der Waals surface area contributed by atoms with E-state index in [4.69, 9.17) is 4.42 Å². The fourth-order valence-corrected chi connectivity index (χ4v) is 2.51. The molecule has 0 bridgehead atoms. The molecule has 0 saturated carbocycles. The lowest BCUT2D eigenvalue weighted by Gasteiger charge is -2.18. The summed E-state index contributed by atoms with van der Waals surface area (Å²) < 4.78 is 31.9. The van der Waals surface area contributed by atoms with E-state index in [1.165, 1.54) is 12.3 Å². The van der Waals surface area contributed by atoms with Gasteiger partial charge in [-0.15, -0.1) is 0 Å². The molecule has 3 rings (SSSR count). The number of amides is 2. The number of hydrogen-bond donors (Lipinski definition) is 2. The highest BCUT2D eigenvalue weighted by atomic mass is 19.1. The fourth-order valence-electron chi connectivity index (χ4n) is 2.51. The van der Waals surface area contributed by atoms with E-state index in [0.29, 0.717) is 6.07 Å². The molecule has 7 heteroatoms. The Morgan fingerprint density at radius 2 is 1.78 bits per heavy atom. The number of anilines is 1. The van der Waals surface area contributed by atoms with Gasteiger partial charge in [-0.1, -0.05) is 30.3 Å². The number of nitrogens with one attached hydrogen (secondary N) is 2. The summed E-state index contributed by atoms with van der Waals surface area (Å²) in [5.41, 5.74) is 0.628. The van der Waals surface area contributed by atoms with Crippen molar-refractivity contribution in [3.63, 3.8) is 0 Å². The molecule has 0 aliphatic rings. The molecule has 2 amide bonds. The van der Waals surface area contributed by atoms with Crippen molar-refractivity contribution in [2.24, 2.45) is 0 Å². The summed E-state index contributed by atoms with van der Waals surface area (Å²) in [6, 6.07) is 13.9. The van der Waals surface area contributed by atoms with Crippen molar-refractivity contribution in [2.75, 3.05) is 5.32 Å². The second kappa shape index (κ2) is 8.27. The summed E-state index contributed by atoms with van der Waals surface area (Å²) in [5.74, 6) is -2.81. The Labute approximate surface area is 154 Å². The number of hydrogen-bond acceptors (Lipinski definition) is 3. The van der Waals surface area contributed by atoms with Gasteiger partial charge >= 0.3 is 0 Å². The highest BCUT2D eigenvalue weighted by Crippen LogP contribution is 2.16. The second-order valence-electron chi connectivity index (χ2n) is 5.81. The SMILES string of the molecule is O=C(NC(Cc1ccccc1)C(=O)Nc1ccc(F)cc1F)c1ccco1. The van der Waals surface area contributed by atoms with Gasteiger partial charge in [0, 0.05) is 12.5 Å². The fraction of sp³-hybridized carbons (Fsp3) is 0.100. The van der Waals surface area contributed by atoms with Crippen molar-refractivity contribution < 1.29 is 22.8 Å². The molecule has 0 fully saturated rings. The summed E-state index contributed by atoms with van der Waals surface area (Å²) in [5, 5.41) is 4.96. The predicted molar refractivity (Wildman–Crippen MR) is 95.1 cm³/mol. The van der Waals surface area contributed by atoms with Gasteiger partial charge in [-0.05, 0) is 29.8 Å². The van der Waals surface area contributed by atoms with Crippen molar-refractivity contribution in [3.8, 4) is 0 Å². The Kier molecular flexibility index (Phi) is 5.61. The third kappa shape index (κ3) is 4.78. The van der Waals surface area contributed by atoms with Gasteiger partial charge in [-0.2, -0.15) is 0 Å². The maximum Gasteiger partial charge on any atom is 0.287 e. The Morgan fingerprint density at radius 1 is 1.00 bits per heavy atom. The predicted octanol–water partition coefficient (Wildman–Crippen LogP) is 3.54. The maximum absolute atomic E-state index is 13.8. The second-order valence-corrected chi connectivity index (χ2v) is 5.81. The van der Waals surface area contributed by atoms with Crippen molar-refractivity contribution in [1.29, 1.82) is 0 Å². The van der Waals surface area contributed by atoms with Crippen molar-refractivity contribution >= 4 is 17.5 Å². The normalized spacial score (nSPS) is 11.6. The van der Waals surface area contributed by atoms with Crippen LogP contribution in [0.5, 0.6) is 0 Å². The van der Waals surface area contributed by atoms with Gasteiger partial charge in [0.15, 0.2) is 5.76 Å². The van der Waals surface area contributed by atoms with Gasteiger partial charge in [0.05, 0.1) is 12.0 Å². The quantitative estimate of drug-likeness (QED) is 0.697. The number of furan rings is 1. The van der Waals surface area contributed by atoms with E-state index in [1.807, 2.05) is 6.07 Å². The molecule has 1 aromatic heterocycles. The van der Waals surface area contributed by atoms with Crippen molar-refractivity contribution in [1.82, 2.24) is 5.32 Å². The van der Waals surface area contributed by atoms with Gasteiger partial charge in [0.25, 0.3) is 5.91 Å². The van der Waals surface area contributed by atoms with Gasteiger partial charge in [0.1, 0.15) is 17.7 Å². The minimum Gasteiger partial charge on any atom is -0.459 e. The van der Waals surface area contributed by atoms with Crippen LogP contribution in [0.3, 0.4) is 0 Å². The van der Waals surface area contributed by atoms with E-state index in [9.17, 15) is 18.4 Å². The number of benzene rings is 2. The lowest BCUT2D eigenvalue weighted by atomic mass is 10.0. The molecule has 5 nitrogen and oxygen atoms in total. The van der Waals surface area contributed by atoms with Crippen LogP contribution in [0, 0.1) is 11.6 Å². The largest absolute Gasteiger partial charge is 0.459 e. The molecule has 0 saturated heterocycles. The summed E-state index contributed by atoms with van der Waals surface area (Å²) in [7, 11) is 0. The van der Waals surface area contributed by atoms with Crippen LogP contribution in [-0.4, -0.2) is 17.9 Å². The first-order valence-corrected chi connectivity index (χ1v) is 8.17. The average Bonchev–Trinajstić information content (AvgIpc) is 3.19. The highest BCUT2D eigenvalue weighted by molar-refractivity contribution is 6.00. The maximum atomic E-state index is 13.8. The number of carbonyl (C=O) groups excluding carboxylic acids is 2. The first kappa shape index (κ1) is 18.3. The smallest absolute Gasteiger partial charge is 0.287 e. The molecule has 1 heterocycles. The minimum atomic E-state index is -0.991. The van der Waals surface area contributed by atoms with E-state index in [-0.39, 0.29) is 17.9 Å². The molecule has 2 N–H and O–H groups in total. The van der Waals surface area contributed by atoms with Crippen LogP contribution < -0.4 is 10.6 Å². The van der Waals surface area contributed by atoms with Crippen molar-refractivity contribution in [3.05, 3.63) is 89.9 Å². The Hall–Kier alpha value is -3.48. The summed E-state index contributed by atoms with van der Waals surface area (Å²) in [4.78, 5) is 24.9. The first-order chi connectivity index (χ1) is 13.0. The molecule has 27 heavy (non-hydrogen) atoms. The molecule has 1 atom stereocenters. The monoisotopic (exact) mass is 370 g/mol. The van der Waals surface area contributed by atoms with Gasteiger partial charge in [0.2, 0.25) is 5.91 Å². The molecule has 3 aromatic rings. The average molecular weight is 370 g/mol. The number of halogens is 2. The third-order valence-corrected chi connectivity index (χ3v) is 3.84. The Balaban J connectivity index is 1.79. The summed E-state index contributed by atoms with van der Waals surface area (Å²) >= 11 is 0. The lowest BCUT2D eigenvalue weighted by Crippen LogP contribution is -2.45. The van der Waals surface area contributed by atoms with Crippen LogP contribution in [0.15, 0.2) is 71.3 Å². The van der Waals surface area contributed by atoms with Crippen LogP contribution >= 0.6 is 0 Å². The van der Waals surface area contributed by atoms with E-state index in [2.05, 4.69) is 10.6 Å². The van der Waals surface area contributed by atoms with E-state index < -0.39 is 29.5 Å². The number of carbonyl (C=O) groups is 2. The van der Waals surface area contributed by atoms with Crippen LogP contribution in [0.2, 0.25) is 0 Å². The zero-order valence-electron chi connectivity index (χ0n) is 14.1. The standard InChI is InChI=1S/C20H16F2N2O3/c21-14-8-9-16(15(22)12-14)23-19(25)17(11-13-5-2-1-3-6-13)24-20(26)18-7-4-10-27-18/h1-10,12,17H,11H2,(H,23,25)(H,24,26). The molecule has 1 unspecified atom stereocenters. The van der Waals surface area contributed by atoms with Gasteiger partial charge < -0.3 is 15.1 Å². The van der Waals surface area contributed by atoms with Gasteiger partial charge in [-0.3, -0.25) is 9.59 Å². The molecular weight excluding hydrogens is 354 g/mol. The highest BCUT2D eigenvalue weighted by Gasteiger charge is 2.24. The van der Waals surface area contributed by atoms with E-state index >= 15 is 0 Å². The molecule has 0 spiro atoms. The molecule has 0 radical (unpaired) electrons. The number of rotatable bonds is 6. The van der Waals surface area contributed by atoms with Crippen LogP contribution in [0.1, 0.15) is 16.1 Å². The lowest BCUT2D eigenvalue weighted by molar-refractivity contribution is -0.118. The van der Waals surface area contributed by atoms with Crippen molar-refractivity contribution in [2.45, 2.75) is 12.5 Å². The topological polar surface area (TPSA) is 71.3 Å². The first-order valence-electron chi connectivity index (χ1n) is 8.17.